The Balaban J connectivity index is 1.78. The summed E-state index contributed by atoms with van der Waals surface area (Å²) in [7, 11) is 3.08. The van der Waals surface area contributed by atoms with Crippen molar-refractivity contribution in [2.45, 2.75) is 13.8 Å². The van der Waals surface area contributed by atoms with Crippen molar-refractivity contribution in [1.82, 2.24) is 0 Å². The van der Waals surface area contributed by atoms with Crippen molar-refractivity contribution in [3.63, 3.8) is 0 Å². The van der Waals surface area contributed by atoms with Crippen LogP contribution in [0.1, 0.15) is 16.7 Å². The number of aryl methyl sites for hydroxylation is 2. The van der Waals surface area contributed by atoms with Crippen molar-refractivity contribution in [2.75, 3.05) is 19.1 Å². The molecular weight excluding hydrogens is 456 g/mol. The Bertz CT molecular complexity index is 1250. The number of rotatable bonds is 5. The first-order valence-corrected chi connectivity index (χ1v) is 11.5. The van der Waals surface area contributed by atoms with E-state index in [1.165, 1.54) is 18.9 Å². The lowest BCUT2D eigenvalue weighted by molar-refractivity contribution is -0.113. The zero-order valence-corrected chi connectivity index (χ0v) is 20.3. The van der Waals surface area contributed by atoms with Gasteiger partial charge < -0.3 is 9.47 Å². The van der Waals surface area contributed by atoms with Crippen LogP contribution in [-0.2, 0) is 4.79 Å². The number of ether oxygens (including phenoxy) is 2. The summed E-state index contributed by atoms with van der Waals surface area (Å²) in [6.07, 6.45) is 1.79. The zero-order valence-electron chi connectivity index (χ0n) is 18.8. The molecule has 1 amide bonds. The summed E-state index contributed by atoms with van der Waals surface area (Å²) in [4.78, 5) is 20.4. The van der Waals surface area contributed by atoms with Crippen LogP contribution in [0.25, 0.3) is 6.08 Å². The lowest BCUT2D eigenvalue weighted by Crippen LogP contribution is -2.28. The quantitative estimate of drug-likeness (QED) is 0.379. The summed E-state index contributed by atoms with van der Waals surface area (Å²) < 4.78 is 10.7. The topological polar surface area (TPSA) is 51.1 Å². The van der Waals surface area contributed by atoms with E-state index in [9.17, 15) is 4.79 Å². The number of hydrogen-bond donors (Lipinski definition) is 0. The van der Waals surface area contributed by atoms with Gasteiger partial charge in [0.05, 0.1) is 35.5 Å². The molecule has 0 atom stereocenters. The molecule has 0 unspecified atom stereocenters. The third-order valence-corrected chi connectivity index (χ3v) is 6.36. The molecular formula is C26H23ClN2O3S. The third-order valence-electron chi connectivity index (χ3n) is 5.11. The Hall–Kier alpha value is -3.22. The monoisotopic (exact) mass is 478 g/mol. The van der Waals surface area contributed by atoms with Gasteiger partial charge in [-0.3, -0.25) is 9.69 Å². The lowest BCUT2D eigenvalue weighted by Gasteiger charge is -2.16. The van der Waals surface area contributed by atoms with Gasteiger partial charge in [-0.2, -0.15) is 0 Å². The number of carbonyl (C=O) groups is 1. The number of amides is 1. The average Bonchev–Trinajstić information content (AvgIpc) is 3.10. The predicted octanol–water partition coefficient (Wildman–Crippen LogP) is 6.78. The molecule has 1 fully saturated rings. The summed E-state index contributed by atoms with van der Waals surface area (Å²) in [5, 5.41) is 0.994. The summed E-state index contributed by atoms with van der Waals surface area (Å²) in [5.74, 6) is 0.798. The third kappa shape index (κ3) is 4.92. The van der Waals surface area contributed by atoms with Gasteiger partial charge in [0.2, 0.25) is 0 Å². The van der Waals surface area contributed by atoms with Crippen LogP contribution in [0.4, 0.5) is 11.4 Å². The van der Waals surface area contributed by atoms with Crippen molar-refractivity contribution in [1.29, 1.82) is 0 Å². The first-order valence-electron chi connectivity index (χ1n) is 10.3. The zero-order chi connectivity index (χ0) is 23.5. The Kier molecular flexibility index (Phi) is 6.77. The minimum atomic E-state index is -0.152. The van der Waals surface area contributed by atoms with E-state index >= 15 is 0 Å². The van der Waals surface area contributed by atoms with E-state index in [0.29, 0.717) is 26.6 Å². The maximum atomic E-state index is 13.5. The van der Waals surface area contributed by atoms with Gasteiger partial charge in [-0.15, -0.1) is 0 Å². The summed E-state index contributed by atoms with van der Waals surface area (Å²) in [6.45, 7) is 4.04. The number of anilines is 1. The largest absolute Gasteiger partial charge is 0.493 e. The van der Waals surface area contributed by atoms with Crippen LogP contribution < -0.4 is 14.4 Å². The molecule has 1 aliphatic heterocycles. The van der Waals surface area contributed by atoms with Crippen molar-refractivity contribution >= 4 is 51.9 Å². The normalized spacial score (nSPS) is 16.0. The smallest absolute Gasteiger partial charge is 0.271 e. The molecule has 1 aliphatic rings. The van der Waals surface area contributed by atoms with E-state index in [4.69, 9.17) is 26.1 Å². The molecule has 4 rings (SSSR count). The van der Waals surface area contributed by atoms with Gasteiger partial charge in [0, 0.05) is 0 Å². The van der Waals surface area contributed by atoms with E-state index in [1.54, 1.807) is 30.2 Å². The molecule has 1 saturated heterocycles. The number of nitrogens with zero attached hydrogens (tertiary/aromatic N) is 2. The SMILES string of the molecule is COc1cc(/C=C2\SC(=Nc3ccc(C)cc3)N(c3ccc(C)cc3)C2=O)cc(Cl)c1OC. The van der Waals surface area contributed by atoms with E-state index in [0.717, 1.165) is 28.1 Å². The van der Waals surface area contributed by atoms with Gasteiger partial charge in [0.1, 0.15) is 0 Å². The second-order valence-electron chi connectivity index (χ2n) is 7.55. The molecule has 0 bridgehead atoms. The minimum absolute atomic E-state index is 0.152. The molecule has 7 heteroatoms. The number of aliphatic imine (C=N–C) groups is 1. The highest BCUT2D eigenvalue weighted by atomic mass is 35.5. The van der Waals surface area contributed by atoms with Crippen LogP contribution >= 0.6 is 23.4 Å². The molecule has 1 heterocycles. The highest BCUT2D eigenvalue weighted by molar-refractivity contribution is 8.19. The Morgan fingerprint density at radius 3 is 2.18 bits per heavy atom. The van der Waals surface area contributed by atoms with E-state index < -0.39 is 0 Å². The van der Waals surface area contributed by atoms with Crippen LogP contribution in [0.15, 0.2) is 70.6 Å². The molecule has 0 radical (unpaired) electrons. The van der Waals surface area contributed by atoms with Gasteiger partial charge in [-0.05, 0) is 73.6 Å². The van der Waals surface area contributed by atoms with E-state index in [2.05, 4.69) is 0 Å². The number of amidine groups is 1. The summed E-state index contributed by atoms with van der Waals surface area (Å²) >= 11 is 7.68. The minimum Gasteiger partial charge on any atom is -0.493 e. The number of benzene rings is 3. The number of thioether (sulfide) groups is 1. The first kappa shape index (κ1) is 23.0. The molecule has 5 nitrogen and oxygen atoms in total. The highest BCUT2D eigenvalue weighted by Gasteiger charge is 2.34. The van der Waals surface area contributed by atoms with Gasteiger partial charge in [0.25, 0.3) is 5.91 Å². The fourth-order valence-electron chi connectivity index (χ4n) is 3.37. The van der Waals surface area contributed by atoms with Crippen molar-refractivity contribution in [3.05, 3.63) is 87.3 Å². The lowest BCUT2D eigenvalue weighted by atomic mass is 10.1. The fraction of sp³-hybridized carbons (Fsp3) is 0.154. The molecule has 0 aliphatic carbocycles. The first-order chi connectivity index (χ1) is 15.9. The fourth-order valence-corrected chi connectivity index (χ4v) is 4.67. The van der Waals surface area contributed by atoms with Gasteiger partial charge in [-0.25, -0.2) is 4.99 Å². The number of halogens is 1. The molecule has 3 aromatic rings. The number of methoxy groups -OCH3 is 2. The molecule has 0 spiro atoms. The Morgan fingerprint density at radius 2 is 1.58 bits per heavy atom. The van der Waals surface area contributed by atoms with E-state index in [-0.39, 0.29) is 5.91 Å². The average molecular weight is 479 g/mol. The predicted molar refractivity (Wildman–Crippen MR) is 137 cm³/mol. The van der Waals surface area contributed by atoms with Gasteiger partial charge in [-0.1, -0.05) is 47.0 Å². The Morgan fingerprint density at radius 1 is 0.939 bits per heavy atom. The standard InChI is InChI=1S/C26H23ClN2O3S/c1-16-5-9-19(10-6-16)28-26-29(20-11-7-17(2)8-12-20)25(30)23(33-26)15-18-13-21(27)24(32-4)22(14-18)31-3/h5-15H,1-4H3/b23-15-,28-26?. The molecule has 0 aromatic heterocycles. The Labute approximate surface area is 202 Å². The van der Waals surface area contributed by atoms with Crippen molar-refractivity contribution < 1.29 is 14.3 Å². The molecule has 3 aromatic carbocycles. The second-order valence-corrected chi connectivity index (χ2v) is 8.97. The van der Waals surface area contributed by atoms with Crippen molar-refractivity contribution in [2.24, 2.45) is 4.99 Å². The molecule has 0 N–H and O–H groups in total. The van der Waals surface area contributed by atoms with Crippen LogP contribution in [0.3, 0.4) is 0 Å². The number of hydrogen-bond acceptors (Lipinski definition) is 5. The van der Waals surface area contributed by atoms with Crippen molar-refractivity contribution in [3.8, 4) is 11.5 Å². The summed E-state index contributed by atoms with van der Waals surface area (Å²) in [5.41, 5.74) is 4.54. The highest BCUT2D eigenvalue weighted by Crippen LogP contribution is 2.40. The maximum Gasteiger partial charge on any atom is 0.271 e. The van der Waals surface area contributed by atoms with E-state index in [1.807, 2.05) is 62.4 Å². The van der Waals surface area contributed by atoms with Gasteiger partial charge >= 0.3 is 0 Å². The second kappa shape index (κ2) is 9.73. The molecule has 168 valence electrons. The summed E-state index contributed by atoms with van der Waals surface area (Å²) in [6, 6.07) is 19.2. The van der Waals surface area contributed by atoms with Crippen LogP contribution in [0, 0.1) is 13.8 Å². The number of carbonyl (C=O) groups excluding carboxylic acids is 1. The van der Waals surface area contributed by atoms with Crippen LogP contribution in [-0.4, -0.2) is 25.3 Å². The maximum absolute atomic E-state index is 13.5. The molecule has 0 saturated carbocycles. The van der Waals surface area contributed by atoms with Crippen LogP contribution in [0.5, 0.6) is 11.5 Å². The van der Waals surface area contributed by atoms with Gasteiger partial charge in [0.15, 0.2) is 16.7 Å². The molecule has 33 heavy (non-hydrogen) atoms. The van der Waals surface area contributed by atoms with Crippen LogP contribution in [0.2, 0.25) is 5.02 Å².